The molecule has 152 valence electrons. The smallest absolute Gasteiger partial charge is 0.387 e. The van der Waals surface area contributed by atoms with Gasteiger partial charge in [0.15, 0.2) is 17.2 Å². The fourth-order valence-electron chi connectivity index (χ4n) is 2.78. The fraction of sp³-hybridized carbons (Fsp3) is 0.250. The summed E-state index contributed by atoms with van der Waals surface area (Å²) in [5.74, 6) is -0.215. The third kappa shape index (κ3) is 4.68. The summed E-state index contributed by atoms with van der Waals surface area (Å²) < 4.78 is 34.4. The standard InChI is InChI=1S/C20H20F2N4O3/c1-13-18(24-26(23-13)15-7-5-4-6-8-15)19(27)25(2)12-14-9-10-16(29-20(21)22)17(11-14)28-3/h4-11,20H,12H2,1-3H3. The lowest BCUT2D eigenvalue weighted by Crippen LogP contribution is -2.27. The molecule has 0 aliphatic carbocycles. The number of amides is 1. The molecule has 1 amide bonds. The number of halogens is 2. The number of nitrogens with zero attached hydrogens (tertiary/aromatic N) is 4. The van der Waals surface area contributed by atoms with E-state index in [9.17, 15) is 13.6 Å². The van der Waals surface area contributed by atoms with Gasteiger partial charge in [-0.05, 0) is 36.8 Å². The number of benzene rings is 2. The van der Waals surface area contributed by atoms with Gasteiger partial charge in [-0.25, -0.2) is 0 Å². The van der Waals surface area contributed by atoms with Gasteiger partial charge in [-0.2, -0.15) is 18.7 Å². The van der Waals surface area contributed by atoms with E-state index in [1.807, 2.05) is 30.3 Å². The second-order valence-corrected chi connectivity index (χ2v) is 6.28. The fourth-order valence-corrected chi connectivity index (χ4v) is 2.78. The maximum atomic E-state index is 12.8. The number of carbonyl (C=O) groups excluding carboxylic acids is 1. The molecule has 0 aliphatic rings. The molecule has 1 heterocycles. The van der Waals surface area contributed by atoms with E-state index >= 15 is 0 Å². The number of hydrogen-bond donors (Lipinski definition) is 0. The highest BCUT2D eigenvalue weighted by Gasteiger charge is 2.21. The molecule has 3 rings (SSSR count). The van der Waals surface area contributed by atoms with E-state index in [-0.39, 0.29) is 29.6 Å². The summed E-state index contributed by atoms with van der Waals surface area (Å²) in [5, 5.41) is 8.62. The minimum absolute atomic E-state index is 0.0677. The van der Waals surface area contributed by atoms with E-state index in [2.05, 4.69) is 14.9 Å². The van der Waals surface area contributed by atoms with Gasteiger partial charge in [0, 0.05) is 13.6 Å². The van der Waals surface area contributed by atoms with Crippen LogP contribution in [0, 0.1) is 6.92 Å². The molecule has 0 spiro atoms. The van der Waals surface area contributed by atoms with Crippen molar-refractivity contribution in [1.82, 2.24) is 19.9 Å². The average molecular weight is 402 g/mol. The summed E-state index contributed by atoms with van der Waals surface area (Å²) in [4.78, 5) is 15.7. The van der Waals surface area contributed by atoms with E-state index in [1.54, 1.807) is 26.1 Å². The Hall–Kier alpha value is -3.49. The molecular formula is C20H20F2N4O3. The van der Waals surface area contributed by atoms with Gasteiger partial charge < -0.3 is 14.4 Å². The lowest BCUT2D eigenvalue weighted by atomic mass is 10.2. The van der Waals surface area contributed by atoms with Crippen LogP contribution >= 0.6 is 0 Å². The van der Waals surface area contributed by atoms with Crippen molar-refractivity contribution >= 4 is 5.91 Å². The van der Waals surface area contributed by atoms with Crippen molar-refractivity contribution in [2.24, 2.45) is 0 Å². The number of methoxy groups -OCH3 is 1. The molecule has 9 heteroatoms. The molecule has 0 atom stereocenters. The Morgan fingerprint density at radius 1 is 1.14 bits per heavy atom. The predicted molar refractivity (Wildman–Crippen MR) is 102 cm³/mol. The van der Waals surface area contributed by atoms with Gasteiger partial charge in [-0.1, -0.05) is 24.3 Å². The highest BCUT2D eigenvalue weighted by Crippen LogP contribution is 2.30. The predicted octanol–water partition coefficient (Wildman–Crippen LogP) is 3.46. The molecule has 0 radical (unpaired) electrons. The van der Waals surface area contributed by atoms with Crippen molar-refractivity contribution in [3.63, 3.8) is 0 Å². The minimum atomic E-state index is -2.95. The van der Waals surface area contributed by atoms with Crippen LogP contribution in [-0.2, 0) is 6.54 Å². The van der Waals surface area contributed by atoms with Crippen molar-refractivity contribution in [3.8, 4) is 17.2 Å². The molecule has 0 bridgehead atoms. The monoisotopic (exact) mass is 402 g/mol. The third-order valence-corrected chi connectivity index (χ3v) is 4.18. The van der Waals surface area contributed by atoms with Crippen molar-refractivity contribution in [2.45, 2.75) is 20.1 Å². The zero-order valence-corrected chi connectivity index (χ0v) is 16.2. The lowest BCUT2D eigenvalue weighted by Gasteiger charge is -2.17. The maximum Gasteiger partial charge on any atom is 0.387 e. The second kappa shape index (κ2) is 8.68. The van der Waals surface area contributed by atoms with Crippen molar-refractivity contribution in [3.05, 3.63) is 65.5 Å². The average Bonchev–Trinajstić information content (AvgIpc) is 3.10. The van der Waals surface area contributed by atoms with Gasteiger partial charge in [-0.15, -0.1) is 5.10 Å². The van der Waals surface area contributed by atoms with E-state index in [4.69, 9.17) is 4.74 Å². The van der Waals surface area contributed by atoms with Crippen LogP contribution < -0.4 is 9.47 Å². The Labute approximate surface area is 166 Å². The minimum Gasteiger partial charge on any atom is -0.493 e. The van der Waals surface area contributed by atoms with Crippen LogP contribution in [0.4, 0.5) is 8.78 Å². The van der Waals surface area contributed by atoms with Gasteiger partial charge in [0.25, 0.3) is 5.91 Å². The highest BCUT2D eigenvalue weighted by molar-refractivity contribution is 5.93. The van der Waals surface area contributed by atoms with E-state index < -0.39 is 6.61 Å². The van der Waals surface area contributed by atoms with Gasteiger partial charge in [-0.3, -0.25) is 4.79 Å². The van der Waals surface area contributed by atoms with Gasteiger partial charge in [0.2, 0.25) is 0 Å². The largest absolute Gasteiger partial charge is 0.493 e. The third-order valence-electron chi connectivity index (χ3n) is 4.18. The van der Waals surface area contributed by atoms with Crippen LogP contribution in [0.25, 0.3) is 5.69 Å². The highest BCUT2D eigenvalue weighted by atomic mass is 19.3. The topological polar surface area (TPSA) is 69.5 Å². The van der Waals surface area contributed by atoms with Crippen molar-refractivity contribution in [1.29, 1.82) is 0 Å². The molecule has 29 heavy (non-hydrogen) atoms. The van der Waals surface area contributed by atoms with E-state index in [0.717, 1.165) is 5.69 Å². The summed E-state index contributed by atoms with van der Waals surface area (Å²) in [7, 11) is 2.98. The number of aryl methyl sites for hydroxylation is 1. The van der Waals surface area contributed by atoms with Crippen LogP contribution in [0.3, 0.4) is 0 Å². The number of alkyl halides is 2. The lowest BCUT2D eigenvalue weighted by molar-refractivity contribution is -0.0512. The molecule has 0 saturated heterocycles. The Morgan fingerprint density at radius 2 is 1.86 bits per heavy atom. The molecule has 0 unspecified atom stereocenters. The Kier molecular flexibility index (Phi) is 6.06. The van der Waals surface area contributed by atoms with Crippen molar-refractivity contribution in [2.75, 3.05) is 14.2 Å². The van der Waals surface area contributed by atoms with Gasteiger partial charge >= 0.3 is 6.61 Å². The molecule has 0 fully saturated rings. The molecule has 0 saturated carbocycles. The maximum absolute atomic E-state index is 12.8. The van der Waals surface area contributed by atoms with Crippen LogP contribution in [0.5, 0.6) is 11.5 Å². The first-order valence-corrected chi connectivity index (χ1v) is 8.75. The first-order chi connectivity index (χ1) is 13.9. The second-order valence-electron chi connectivity index (χ2n) is 6.28. The molecular weight excluding hydrogens is 382 g/mol. The van der Waals surface area contributed by atoms with Crippen molar-refractivity contribution < 1.29 is 23.0 Å². The SMILES string of the molecule is COc1cc(CN(C)C(=O)c2nn(-c3ccccc3)nc2C)ccc1OC(F)F. The Bertz CT molecular complexity index is 993. The molecule has 2 aromatic carbocycles. The van der Waals surface area contributed by atoms with Gasteiger partial charge in [0.05, 0.1) is 18.5 Å². The normalized spacial score (nSPS) is 10.8. The molecule has 1 aromatic heterocycles. The number of hydrogen-bond acceptors (Lipinski definition) is 5. The molecule has 3 aromatic rings. The summed E-state index contributed by atoms with van der Waals surface area (Å²) in [6.45, 7) is -1.01. The summed E-state index contributed by atoms with van der Waals surface area (Å²) >= 11 is 0. The number of aromatic nitrogens is 3. The van der Waals surface area contributed by atoms with Gasteiger partial charge in [0.1, 0.15) is 0 Å². The first-order valence-electron chi connectivity index (χ1n) is 8.75. The van der Waals surface area contributed by atoms with E-state index in [0.29, 0.717) is 11.3 Å². The summed E-state index contributed by atoms with van der Waals surface area (Å²) in [6, 6.07) is 13.8. The summed E-state index contributed by atoms with van der Waals surface area (Å²) in [6.07, 6.45) is 0. The first kappa shape index (κ1) is 20.2. The number of carbonyl (C=O) groups is 1. The quantitative estimate of drug-likeness (QED) is 0.605. The number of ether oxygens (including phenoxy) is 2. The zero-order valence-electron chi connectivity index (χ0n) is 16.2. The van der Waals surface area contributed by atoms with Crippen LogP contribution in [0.15, 0.2) is 48.5 Å². The molecule has 0 N–H and O–H groups in total. The van der Waals surface area contributed by atoms with Crippen LogP contribution in [0.1, 0.15) is 21.7 Å². The summed E-state index contributed by atoms with van der Waals surface area (Å²) in [5.41, 5.74) is 2.18. The number of para-hydroxylation sites is 1. The van der Waals surface area contributed by atoms with Crippen LogP contribution in [0.2, 0.25) is 0 Å². The Morgan fingerprint density at radius 3 is 2.52 bits per heavy atom. The zero-order chi connectivity index (χ0) is 21.0. The molecule has 7 nitrogen and oxygen atoms in total. The van der Waals surface area contributed by atoms with Crippen LogP contribution in [-0.4, -0.2) is 46.6 Å². The molecule has 0 aliphatic heterocycles. The Balaban J connectivity index is 1.77. The number of rotatable bonds is 7. The van der Waals surface area contributed by atoms with E-state index in [1.165, 1.54) is 22.9 Å².